The van der Waals surface area contributed by atoms with Crippen LogP contribution in [0.3, 0.4) is 0 Å². The van der Waals surface area contributed by atoms with Crippen molar-refractivity contribution >= 4 is 23.4 Å². The largest absolute Gasteiger partial charge is 0.496 e. The van der Waals surface area contributed by atoms with Crippen LogP contribution in [0.25, 0.3) is 0 Å². The van der Waals surface area contributed by atoms with Crippen LogP contribution in [0.4, 0.5) is 5.69 Å². The first-order valence-electron chi connectivity index (χ1n) is 6.29. The maximum Gasteiger partial charge on any atom is 0.234 e. The SMILES string of the molecule is COc1ccccc1SCC(=O)Nc1ccccc1C#N. The number of anilines is 1. The van der Waals surface area contributed by atoms with E-state index in [2.05, 4.69) is 11.4 Å². The van der Waals surface area contributed by atoms with Crippen molar-refractivity contribution in [3.05, 3.63) is 54.1 Å². The van der Waals surface area contributed by atoms with Crippen molar-refractivity contribution in [1.29, 1.82) is 5.26 Å². The van der Waals surface area contributed by atoms with E-state index in [9.17, 15) is 4.79 Å². The van der Waals surface area contributed by atoms with Crippen molar-refractivity contribution in [2.45, 2.75) is 4.90 Å². The van der Waals surface area contributed by atoms with Crippen molar-refractivity contribution in [2.75, 3.05) is 18.2 Å². The van der Waals surface area contributed by atoms with Gasteiger partial charge in [-0.2, -0.15) is 5.26 Å². The third-order valence-corrected chi connectivity index (χ3v) is 3.80. The lowest BCUT2D eigenvalue weighted by atomic mass is 10.2. The number of para-hydroxylation sites is 2. The number of nitriles is 1. The number of carbonyl (C=O) groups is 1. The molecule has 4 nitrogen and oxygen atoms in total. The zero-order valence-corrected chi connectivity index (χ0v) is 12.3. The molecule has 0 heterocycles. The van der Waals surface area contributed by atoms with Gasteiger partial charge in [0.2, 0.25) is 5.91 Å². The Hall–Kier alpha value is -2.45. The van der Waals surface area contributed by atoms with E-state index < -0.39 is 0 Å². The Morgan fingerprint density at radius 1 is 1.24 bits per heavy atom. The summed E-state index contributed by atoms with van der Waals surface area (Å²) in [5, 5.41) is 11.7. The van der Waals surface area contributed by atoms with Crippen molar-refractivity contribution in [1.82, 2.24) is 0 Å². The zero-order chi connectivity index (χ0) is 15.1. The molecule has 0 fully saturated rings. The first-order valence-corrected chi connectivity index (χ1v) is 7.28. The molecule has 0 aromatic heterocycles. The first kappa shape index (κ1) is 14.9. The minimum Gasteiger partial charge on any atom is -0.496 e. The smallest absolute Gasteiger partial charge is 0.234 e. The van der Waals surface area contributed by atoms with E-state index in [0.29, 0.717) is 11.3 Å². The number of rotatable bonds is 5. The highest BCUT2D eigenvalue weighted by Gasteiger charge is 2.09. The average Bonchev–Trinajstić information content (AvgIpc) is 2.53. The minimum absolute atomic E-state index is 0.159. The van der Waals surface area contributed by atoms with Crippen LogP contribution in [0.5, 0.6) is 5.75 Å². The predicted octanol–water partition coefficient (Wildman–Crippen LogP) is 3.30. The number of nitrogens with one attached hydrogen (secondary N) is 1. The van der Waals surface area contributed by atoms with E-state index in [1.165, 1.54) is 11.8 Å². The molecule has 1 amide bonds. The van der Waals surface area contributed by atoms with Crippen LogP contribution in [-0.2, 0) is 4.79 Å². The summed E-state index contributed by atoms with van der Waals surface area (Å²) in [6.07, 6.45) is 0. The molecule has 0 bridgehead atoms. The molecule has 21 heavy (non-hydrogen) atoms. The number of amides is 1. The summed E-state index contributed by atoms with van der Waals surface area (Å²) in [6.45, 7) is 0. The van der Waals surface area contributed by atoms with Crippen LogP contribution in [0.15, 0.2) is 53.4 Å². The van der Waals surface area contributed by atoms with Crippen LogP contribution < -0.4 is 10.1 Å². The Bertz CT molecular complexity index is 680. The summed E-state index contributed by atoms with van der Waals surface area (Å²) in [7, 11) is 1.60. The number of hydrogen-bond donors (Lipinski definition) is 1. The van der Waals surface area contributed by atoms with E-state index in [0.717, 1.165) is 10.6 Å². The van der Waals surface area contributed by atoms with Crippen LogP contribution in [-0.4, -0.2) is 18.8 Å². The maximum atomic E-state index is 12.0. The highest BCUT2D eigenvalue weighted by Crippen LogP contribution is 2.28. The summed E-state index contributed by atoms with van der Waals surface area (Å²) in [5.41, 5.74) is 0.985. The Labute approximate surface area is 127 Å². The molecule has 2 aromatic carbocycles. The topological polar surface area (TPSA) is 62.1 Å². The second-order valence-electron chi connectivity index (χ2n) is 4.15. The van der Waals surface area contributed by atoms with E-state index >= 15 is 0 Å². The van der Waals surface area contributed by atoms with Crippen molar-refractivity contribution < 1.29 is 9.53 Å². The van der Waals surface area contributed by atoms with Crippen LogP contribution >= 0.6 is 11.8 Å². The fourth-order valence-corrected chi connectivity index (χ4v) is 2.58. The van der Waals surface area contributed by atoms with Crippen LogP contribution in [0, 0.1) is 11.3 Å². The molecule has 0 unspecified atom stereocenters. The Morgan fingerprint density at radius 3 is 2.71 bits per heavy atom. The van der Waals surface area contributed by atoms with Gasteiger partial charge in [-0.15, -0.1) is 11.8 Å². The monoisotopic (exact) mass is 298 g/mol. The second-order valence-corrected chi connectivity index (χ2v) is 5.16. The Balaban J connectivity index is 1.98. The lowest BCUT2D eigenvalue weighted by Gasteiger charge is -2.09. The van der Waals surface area contributed by atoms with Crippen molar-refractivity contribution in [3.63, 3.8) is 0 Å². The number of benzene rings is 2. The highest BCUT2D eigenvalue weighted by atomic mass is 32.2. The molecule has 0 aliphatic rings. The van der Waals surface area contributed by atoms with Gasteiger partial charge in [0.25, 0.3) is 0 Å². The number of methoxy groups -OCH3 is 1. The number of thioether (sulfide) groups is 1. The van der Waals surface area contributed by atoms with Gasteiger partial charge in [-0.3, -0.25) is 4.79 Å². The first-order chi connectivity index (χ1) is 10.2. The fourth-order valence-electron chi connectivity index (χ4n) is 1.76. The summed E-state index contributed by atoms with van der Waals surface area (Å²) < 4.78 is 5.24. The van der Waals surface area contributed by atoms with Gasteiger partial charge in [0.1, 0.15) is 11.8 Å². The Kier molecular flexibility index (Phi) is 5.24. The molecule has 0 saturated heterocycles. The highest BCUT2D eigenvalue weighted by molar-refractivity contribution is 8.00. The van der Waals surface area contributed by atoms with Crippen LogP contribution in [0.2, 0.25) is 0 Å². The van der Waals surface area contributed by atoms with Gasteiger partial charge in [-0.1, -0.05) is 24.3 Å². The normalized spacial score (nSPS) is 9.71. The van der Waals surface area contributed by atoms with Gasteiger partial charge >= 0.3 is 0 Å². The molecule has 0 aliphatic heterocycles. The number of nitrogens with zero attached hydrogens (tertiary/aromatic N) is 1. The maximum absolute atomic E-state index is 12.0. The molecule has 1 N–H and O–H groups in total. The molecule has 2 rings (SSSR count). The third-order valence-electron chi connectivity index (χ3n) is 2.75. The average molecular weight is 298 g/mol. The molecule has 106 valence electrons. The standard InChI is InChI=1S/C16H14N2O2S/c1-20-14-8-4-5-9-15(14)21-11-16(19)18-13-7-3-2-6-12(13)10-17/h2-9H,11H2,1H3,(H,18,19). The Morgan fingerprint density at radius 2 is 1.95 bits per heavy atom. The minimum atomic E-state index is -0.159. The van der Waals surface area contributed by atoms with Gasteiger partial charge in [0.05, 0.1) is 24.1 Å². The molecule has 0 saturated carbocycles. The molecule has 0 spiro atoms. The summed E-state index contributed by atoms with van der Waals surface area (Å²) in [5.74, 6) is 0.835. The summed E-state index contributed by atoms with van der Waals surface area (Å²) in [4.78, 5) is 12.9. The van der Waals surface area contributed by atoms with Gasteiger partial charge in [-0.25, -0.2) is 0 Å². The molecular formula is C16H14N2O2S. The number of carbonyl (C=O) groups excluding carboxylic acids is 1. The molecule has 0 radical (unpaired) electrons. The molecule has 0 aliphatic carbocycles. The molecule has 0 atom stereocenters. The third kappa shape index (κ3) is 4.01. The van der Waals surface area contributed by atoms with Gasteiger partial charge < -0.3 is 10.1 Å². The molecular weight excluding hydrogens is 284 g/mol. The predicted molar refractivity (Wildman–Crippen MR) is 83.5 cm³/mol. The van der Waals surface area contributed by atoms with E-state index in [-0.39, 0.29) is 11.7 Å². The van der Waals surface area contributed by atoms with Gasteiger partial charge in [-0.05, 0) is 24.3 Å². The second kappa shape index (κ2) is 7.36. The van der Waals surface area contributed by atoms with Crippen LogP contribution in [0.1, 0.15) is 5.56 Å². The van der Waals surface area contributed by atoms with E-state index in [1.54, 1.807) is 31.4 Å². The lowest BCUT2D eigenvalue weighted by molar-refractivity contribution is -0.113. The quantitative estimate of drug-likeness (QED) is 0.860. The van der Waals surface area contributed by atoms with Gasteiger partial charge in [0, 0.05) is 4.90 Å². The van der Waals surface area contributed by atoms with Gasteiger partial charge in [0.15, 0.2) is 0 Å². The number of hydrogen-bond acceptors (Lipinski definition) is 4. The molecule has 5 heteroatoms. The fraction of sp³-hybridized carbons (Fsp3) is 0.125. The lowest BCUT2D eigenvalue weighted by Crippen LogP contribution is -2.14. The van der Waals surface area contributed by atoms with E-state index in [4.69, 9.17) is 10.00 Å². The number of ether oxygens (including phenoxy) is 1. The zero-order valence-electron chi connectivity index (χ0n) is 11.5. The summed E-state index contributed by atoms with van der Waals surface area (Å²) >= 11 is 1.39. The molecule has 2 aromatic rings. The van der Waals surface area contributed by atoms with E-state index in [1.807, 2.05) is 24.3 Å². The summed E-state index contributed by atoms with van der Waals surface area (Å²) in [6, 6.07) is 16.5. The van der Waals surface area contributed by atoms with Crippen molar-refractivity contribution in [2.24, 2.45) is 0 Å². The van der Waals surface area contributed by atoms with Crippen molar-refractivity contribution in [3.8, 4) is 11.8 Å².